The van der Waals surface area contributed by atoms with Crippen molar-refractivity contribution in [3.63, 3.8) is 0 Å². The summed E-state index contributed by atoms with van der Waals surface area (Å²) in [6, 6.07) is 6.30. The Morgan fingerprint density at radius 3 is 2.71 bits per heavy atom. The van der Waals surface area contributed by atoms with Gasteiger partial charge >= 0.3 is 0 Å². The van der Waals surface area contributed by atoms with Crippen molar-refractivity contribution in [1.82, 2.24) is 4.72 Å². The molecule has 0 aromatic heterocycles. The van der Waals surface area contributed by atoms with E-state index < -0.39 is 10.0 Å². The minimum atomic E-state index is -3.53. The maximum atomic E-state index is 12.1. The number of nitrogens with two attached hydrogens (primary N) is 1. The molecule has 0 aliphatic heterocycles. The van der Waals surface area contributed by atoms with Crippen LogP contribution in [0.1, 0.15) is 31.7 Å². The molecule has 0 amide bonds. The second-order valence-corrected chi connectivity index (χ2v) is 6.82. The van der Waals surface area contributed by atoms with Crippen LogP contribution in [0.15, 0.2) is 29.2 Å². The van der Waals surface area contributed by atoms with Gasteiger partial charge < -0.3 is 10.5 Å². The summed E-state index contributed by atoms with van der Waals surface area (Å²) in [7, 11) is -3.53. The zero-order chi connectivity index (χ0) is 15.7. The monoisotopic (exact) mass is 330 g/mol. The van der Waals surface area contributed by atoms with Crippen molar-refractivity contribution >= 4 is 27.2 Å². The standard InChI is InChI=1S/C14H22N2O3S2/c1-2-3-9-19-10-5-8-16-21(17,18)13-7-4-6-12(11-13)14(15)20/h4,6-7,11,16H,2-3,5,8-10H2,1H3,(H2,15,20). The van der Waals surface area contributed by atoms with Crippen molar-refractivity contribution in [3.8, 4) is 0 Å². The van der Waals surface area contributed by atoms with Crippen molar-refractivity contribution < 1.29 is 13.2 Å². The van der Waals surface area contributed by atoms with Gasteiger partial charge in [-0.2, -0.15) is 0 Å². The van der Waals surface area contributed by atoms with Gasteiger partial charge in [0.1, 0.15) is 4.99 Å². The van der Waals surface area contributed by atoms with Crippen LogP contribution in [0, 0.1) is 0 Å². The van der Waals surface area contributed by atoms with Crippen molar-refractivity contribution in [1.29, 1.82) is 0 Å². The molecule has 0 aliphatic carbocycles. The van der Waals surface area contributed by atoms with Gasteiger partial charge in [-0.15, -0.1) is 0 Å². The van der Waals surface area contributed by atoms with Crippen molar-refractivity contribution in [2.24, 2.45) is 5.73 Å². The van der Waals surface area contributed by atoms with Crippen LogP contribution in [0.4, 0.5) is 0 Å². The highest BCUT2D eigenvalue weighted by Gasteiger charge is 2.14. The number of hydrogen-bond acceptors (Lipinski definition) is 4. The Hall–Kier alpha value is -1.02. The molecule has 1 rings (SSSR count). The lowest BCUT2D eigenvalue weighted by atomic mass is 10.2. The second-order valence-electron chi connectivity index (χ2n) is 4.61. The number of hydrogen-bond donors (Lipinski definition) is 2. The van der Waals surface area contributed by atoms with Gasteiger partial charge in [-0.3, -0.25) is 0 Å². The van der Waals surface area contributed by atoms with Crippen LogP contribution in [0.3, 0.4) is 0 Å². The summed E-state index contributed by atoms with van der Waals surface area (Å²) < 4.78 is 32.1. The first-order valence-corrected chi connectivity index (χ1v) is 8.84. The predicted molar refractivity (Wildman–Crippen MR) is 87.9 cm³/mol. The fourth-order valence-electron chi connectivity index (χ4n) is 1.63. The summed E-state index contributed by atoms with van der Waals surface area (Å²) >= 11 is 4.85. The van der Waals surface area contributed by atoms with Gasteiger partial charge in [-0.1, -0.05) is 37.7 Å². The van der Waals surface area contributed by atoms with E-state index in [1.54, 1.807) is 12.1 Å². The Kier molecular flexibility index (Phi) is 7.81. The van der Waals surface area contributed by atoms with Gasteiger partial charge in [0.25, 0.3) is 0 Å². The SMILES string of the molecule is CCCCOCCCNS(=O)(=O)c1cccc(C(N)=S)c1. The van der Waals surface area contributed by atoms with Crippen LogP contribution in [0.25, 0.3) is 0 Å². The van der Waals surface area contributed by atoms with Crippen LogP contribution in [0.2, 0.25) is 0 Å². The van der Waals surface area contributed by atoms with E-state index in [1.807, 2.05) is 0 Å². The lowest BCUT2D eigenvalue weighted by Crippen LogP contribution is -2.26. The summed E-state index contributed by atoms with van der Waals surface area (Å²) in [6.07, 6.45) is 2.75. The maximum Gasteiger partial charge on any atom is 0.240 e. The summed E-state index contributed by atoms with van der Waals surface area (Å²) in [5, 5.41) is 0. The molecule has 0 spiro atoms. The number of benzene rings is 1. The molecule has 1 aromatic rings. The molecule has 0 bridgehead atoms. The van der Waals surface area contributed by atoms with Crippen molar-refractivity contribution in [3.05, 3.63) is 29.8 Å². The third kappa shape index (κ3) is 6.52. The molecule has 5 nitrogen and oxygen atoms in total. The van der Waals surface area contributed by atoms with Gasteiger partial charge in [-0.05, 0) is 25.0 Å². The summed E-state index contributed by atoms with van der Waals surface area (Å²) in [5.41, 5.74) is 6.04. The van der Waals surface area contributed by atoms with Crippen LogP contribution in [-0.4, -0.2) is 33.2 Å². The highest BCUT2D eigenvalue weighted by atomic mass is 32.2. The van der Waals surface area contributed by atoms with Crippen LogP contribution < -0.4 is 10.5 Å². The molecule has 21 heavy (non-hydrogen) atoms. The predicted octanol–water partition coefficient (Wildman–Crippen LogP) is 1.81. The highest BCUT2D eigenvalue weighted by Crippen LogP contribution is 2.11. The molecule has 0 saturated carbocycles. The molecule has 1 aromatic carbocycles. The summed E-state index contributed by atoms with van der Waals surface area (Å²) in [4.78, 5) is 0.344. The minimum Gasteiger partial charge on any atom is -0.389 e. The summed E-state index contributed by atoms with van der Waals surface area (Å²) in [6.45, 7) is 3.71. The third-order valence-electron chi connectivity index (χ3n) is 2.83. The van der Waals surface area contributed by atoms with Crippen molar-refractivity contribution in [2.75, 3.05) is 19.8 Å². The molecular formula is C14H22N2O3S2. The first-order valence-electron chi connectivity index (χ1n) is 6.94. The average molecular weight is 330 g/mol. The quantitative estimate of drug-likeness (QED) is 0.505. The number of nitrogens with one attached hydrogen (secondary N) is 1. The first kappa shape index (κ1) is 18.0. The Balaban J connectivity index is 2.46. The fraction of sp³-hybridized carbons (Fsp3) is 0.500. The van der Waals surface area contributed by atoms with E-state index >= 15 is 0 Å². The molecule has 0 saturated heterocycles. The Bertz CT molecular complexity index is 559. The van der Waals surface area contributed by atoms with E-state index in [9.17, 15) is 8.42 Å². The van der Waals surface area contributed by atoms with Crippen molar-refractivity contribution in [2.45, 2.75) is 31.1 Å². The molecule has 7 heteroatoms. The molecule has 118 valence electrons. The molecule has 0 atom stereocenters. The van der Waals surface area contributed by atoms with E-state index in [2.05, 4.69) is 11.6 Å². The Labute approximate surface area is 131 Å². The van der Waals surface area contributed by atoms with Gasteiger partial charge in [0.05, 0.1) is 4.90 Å². The number of unbranched alkanes of at least 4 members (excludes halogenated alkanes) is 1. The second kappa shape index (κ2) is 9.09. The van der Waals surface area contributed by atoms with Gasteiger partial charge in [0, 0.05) is 25.3 Å². The summed E-state index contributed by atoms with van der Waals surface area (Å²) in [5.74, 6) is 0. The molecule has 0 unspecified atom stereocenters. The zero-order valence-corrected chi connectivity index (χ0v) is 13.8. The minimum absolute atomic E-state index is 0.166. The molecule has 0 heterocycles. The van der Waals surface area contributed by atoms with Gasteiger partial charge in [0.15, 0.2) is 0 Å². The Morgan fingerprint density at radius 2 is 2.05 bits per heavy atom. The molecule has 3 N–H and O–H groups in total. The molecule has 0 radical (unpaired) electrons. The smallest absolute Gasteiger partial charge is 0.240 e. The topological polar surface area (TPSA) is 81.4 Å². The van der Waals surface area contributed by atoms with Crippen LogP contribution in [0.5, 0.6) is 0 Å². The highest BCUT2D eigenvalue weighted by molar-refractivity contribution is 7.89. The molecule has 0 aliphatic rings. The van der Waals surface area contributed by atoms with Crippen LogP contribution >= 0.6 is 12.2 Å². The molecular weight excluding hydrogens is 308 g/mol. The maximum absolute atomic E-state index is 12.1. The largest absolute Gasteiger partial charge is 0.389 e. The lowest BCUT2D eigenvalue weighted by Gasteiger charge is -2.08. The van der Waals surface area contributed by atoms with Gasteiger partial charge in [-0.25, -0.2) is 13.1 Å². The molecule has 0 fully saturated rings. The lowest BCUT2D eigenvalue weighted by molar-refractivity contribution is 0.130. The van der Waals surface area contributed by atoms with E-state index in [0.29, 0.717) is 25.1 Å². The first-order chi connectivity index (χ1) is 9.97. The van der Waals surface area contributed by atoms with E-state index in [0.717, 1.165) is 19.4 Å². The zero-order valence-electron chi connectivity index (χ0n) is 12.2. The number of rotatable bonds is 10. The third-order valence-corrected chi connectivity index (χ3v) is 4.52. The Morgan fingerprint density at radius 1 is 1.33 bits per heavy atom. The average Bonchev–Trinajstić information content (AvgIpc) is 2.46. The number of sulfonamides is 1. The van der Waals surface area contributed by atoms with Crippen LogP contribution in [-0.2, 0) is 14.8 Å². The number of ether oxygens (including phenoxy) is 1. The number of thiocarbonyl (C=S) groups is 1. The van der Waals surface area contributed by atoms with E-state index in [4.69, 9.17) is 22.7 Å². The normalized spacial score (nSPS) is 11.5. The van der Waals surface area contributed by atoms with E-state index in [-0.39, 0.29) is 9.88 Å². The van der Waals surface area contributed by atoms with E-state index in [1.165, 1.54) is 12.1 Å². The fourth-order valence-corrected chi connectivity index (χ4v) is 2.88. The van der Waals surface area contributed by atoms with Gasteiger partial charge in [0.2, 0.25) is 10.0 Å².